The minimum atomic E-state index is -0.680. The highest BCUT2D eigenvalue weighted by atomic mass is 16.5. The van der Waals surface area contributed by atoms with Gasteiger partial charge in [0.15, 0.2) is 0 Å². The smallest absolute Gasteiger partial charge is 0.221 e. The Kier molecular flexibility index (Phi) is 8.08. The summed E-state index contributed by atoms with van der Waals surface area (Å²) in [4.78, 5) is 13.0. The SMILES string of the molecule is CC(=O)Nc1ccc(OCC(O)CN(CCO)Cc2ccccc2)cc1. The van der Waals surface area contributed by atoms with Gasteiger partial charge in [-0.3, -0.25) is 9.69 Å². The third kappa shape index (κ3) is 7.23. The Labute approximate surface area is 154 Å². The Balaban J connectivity index is 1.81. The van der Waals surface area contributed by atoms with Crippen LogP contribution in [0.4, 0.5) is 5.69 Å². The molecule has 0 aliphatic rings. The van der Waals surface area contributed by atoms with Crippen molar-refractivity contribution in [3.05, 3.63) is 60.2 Å². The van der Waals surface area contributed by atoms with Crippen molar-refractivity contribution in [2.24, 2.45) is 0 Å². The molecular weight excluding hydrogens is 332 g/mol. The van der Waals surface area contributed by atoms with Crippen LogP contribution in [0, 0.1) is 0 Å². The number of hydrogen-bond donors (Lipinski definition) is 3. The number of ether oxygens (including phenoxy) is 1. The number of hydrogen-bond acceptors (Lipinski definition) is 5. The molecule has 0 bridgehead atoms. The van der Waals surface area contributed by atoms with Gasteiger partial charge in [-0.1, -0.05) is 30.3 Å². The van der Waals surface area contributed by atoms with E-state index in [1.807, 2.05) is 35.2 Å². The highest BCUT2D eigenvalue weighted by molar-refractivity contribution is 5.88. The number of benzene rings is 2. The summed E-state index contributed by atoms with van der Waals surface area (Å²) in [5, 5.41) is 22.2. The van der Waals surface area contributed by atoms with Gasteiger partial charge in [0.05, 0.1) is 6.61 Å². The molecule has 0 saturated carbocycles. The molecule has 0 aliphatic carbocycles. The summed E-state index contributed by atoms with van der Waals surface area (Å²) < 4.78 is 5.61. The molecule has 0 heterocycles. The van der Waals surface area contributed by atoms with Gasteiger partial charge in [-0.15, -0.1) is 0 Å². The van der Waals surface area contributed by atoms with Gasteiger partial charge in [0.25, 0.3) is 0 Å². The Hall–Kier alpha value is -2.41. The van der Waals surface area contributed by atoms with Crippen molar-refractivity contribution in [2.45, 2.75) is 19.6 Å². The zero-order valence-electron chi connectivity index (χ0n) is 15.0. The van der Waals surface area contributed by atoms with Crippen molar-refractivity contribution in [1.82, 2.24) is 4.90 Å². The maximum Gasteiger partial charge on any atom is 0.221 e. The molecule has 0 aliphatic heterocycles. The maximum absolute atomic E-state index is 11.0. The number of nitrogens with zero attached hydrogens (tertiary/aromatic N) is 1. The summed E-state index contributed by atoms with van der Waals surface area (Å²) in [5.41, 5.74) is 1.82. The van der Waals surface area contributed by atoms with Gasteiger partial charge in [0, 0.05) is 32.2 Å². The first-order valence-electron chi connectivity index (χ1n) is 8.62. The second kappa shape index (κ2) is 10.6. The molecule has 1 atom stereocenters. The molecule has 2 aromatic rings. The van der Waals surface area contributed by atoms with Crippen molar-refractivity contribution in [3.8, 4) is 5.75 Å². The molecule has 6 heteroatoms. The topological polar surface area (TPSA) is 82.0 Å². The zero-order chi connectivity index (χ0) is 18.8. The summed E-state index contributed by atoms with van der Waals surface area (Å²) in [7, 11) is 0. The van der Waals surface area contributed by atoms with Crippen LogP contribution in [0.5, 0.6) is 5.75 Å². The Bertz CT molecular complexity index is 661. The van der Waals surface area contributed by atoms with E-state index >= 15 is 0 Å². The van der Waals surface area contributed by atoms with Gasteiger partial charge >= 0.3 is 0 Å². The number of carbonyl (C=O) groups excluding carboxylic acids is 1. The second-order valence-electron chi connectivity index (χ2n) is 6.11. The van der Waals surface area contributed by atoms with E-state index in [0.717, 1.165) is 5.56 Å². The van der Waals surface area contributed by atoms with Crippen LogP contribution in [0.25, 0.3) is 0 Å². The molecule has 6 nitrogen and oxygen atoms in total. The summed E-state index contributed by atoms with van der Waals surface area (Å²) >= 11 is 0. The Morgan fingerprint density at radius 2 is 1.85 bits per heavy atom. The minimum Gasteiger partial charge on any atom is -0.491 e. The first-order valence-corrected chi connectivity index (χ1v) is 8.62. The van der Waals surface area contributed by atoms with E-state index in [1.165, 1.54) is 6.92 Å². The van der Waals surface area contributed by atoms with Gasteiger partial charge in [0.1, 0.15) is 18.5 Å². The fourth-order valence-corrected chi connectivity index (χ4v) is 2.60. The Morgan fingerprint density at radius 3 is 2.46 bits per heavy atom. The first-order chi connectivity index (χ1) is 12.6. The Morgan fingerprint density at radius 1 is 1.15 bits per heavy atom. The average Bonchev–Trinajstić information content (AvgIpc) is 2.62. The predicted octanol–water partition coefficient (Wildman–Crippen LogP) is 1.88. The lowest BCUT2D eigenvalue weighted by atomic mass is 10.2. The number of nitrogens with one attached hydrogen (secondary N) is 1. The highest BCUT2D eigenvalue weighted by Gasteiger charge is 2.13. The van der Waals surface area contributed by atoms with E-state index in [-0.39, 0.29) is 19.1 Å². The third-order valence-electron chi connectivity index (χ3n) is 3.75. The van der Waals surface area contributed by atoms with E-state index < -0.39 is 6.10 Å². The molecule has 0 spiro atoms. The molecule has 1 amide bonds. The molecule has 26 heavy (non-hydrogen) atoms. The van der Waals surface area contributed by atoms with Crippen LogP contribution in [0.15, 0.2) is 54.6 Å². The lowest BCUT2D eigenvalue weighted by Gasteiger charge is -2.24. The van der Waals surface area contributed by atoms with Crippen molar-refractivity contribution < 1.29 is 19.7 Å². The molecular formula is C20H26N2O4. The van der Waals surface area contributed by atoms with Crippen LogP contribution in [-0.2, 0) is 11.3 Å². The molecule has 0 saturated heterocycles. The molecule has 2 rings (SSSR count). The largest absolute Gasteiger partial charge is 0.491 e. The molecule has 0 aromatic heterocycles. The molecule has 2 aromatic carbocycles. The van der Waals surface area contributed by atoms with Crippen LogP contribution in [0.2, 0.25) is 0 Å². The molecule has 0 fully saturated rings. The maximum atomic E-state index is 11.0. The van der Waals surface area contributed by atoms with Gasteiger partial charge in [0.2, 0.25) is 5.91 Å². The number of carbonyl (C=O) groups is 1. The molecule has 1 unspecified atom stereocenters. The van der Waals surface area contributed by atoms with Gasteiger partial charge in [-0.25, -0.2) is 0 Å². The molecule has 140 valence electrons. The highest BCUT2D eigenvalue weighted by Crippen LogP contribution is 2.16. The van der Waals surface area contributed by atoms with Gasteiger partial charge < -0.3 is 20.3 Å². The van der Waals surface area contributed by atoms with E-state index in [0.29, 0.717) is 31.1 Å². The fraction of sp³-hybridized carbons (Fsp3) is 0.350. The van der Waals surface area contributed by atoms with E-state index in [1.54, 1.807) is 24.3 Å². The lowest BCUT2D eigenvalue weighted by molar-refractivity contribution is -0.114. The average molecular weight is 358 g/mol. The van der Waals surface area contributed by atoms with Crippen LogP contribution >= 0.6 is 0 Å². The normalized spacial score (nSPS) is 12.0. The number of aliphatic hydroxyl groups excluding tert-OH is 2. The molecule has 0 radical (unpaired) electrons. The number of amides is 1. The summed E-state index contributed by atoms with van der Waals surface area (Å²) in [6.45, 7) is 3.18. The van der Waals surface area contributed by atoms with Crippen molar-refractivity contribution in [2.75, 3.05) is 31.6 Å². The quantitative estimate of drug-likeness (QED) is 0.604. The van der Waals surface area contributed by atoms with Crippen molar-refractivity contribution >= 4 is 11.6 Å². The molecule has 3 N–H and O–H groups in total. The monoisotopic (exact) mass is 358 g/mol. The number of anilines is 1. The number of rotatable bonds is 10. The lowest BCUT2D eigenvalue weighted by Crippen LogP contribution is -2.37. The summed E-state index contributed by atoms with van der Waals surface area (Å²) in [5.74, 6) is 0.492. The van der Waals surface area contributed by atoms with Gasteiger partial charge in [-0.05, 0) is 29.8 Å². The van der Waals surface area contributed by atoms with Crippen LogP contribution in [-0.4, -0.2) is 53.4 Å². The zero-order valence-corrected chi connectivity index (χ0v) is 15.0. The second-order valence-corrected chi connectivity index (χ2v) is 6.11. The van der Waals surface area contributed by atoms with Crippen molar-refractivity contribution in [3.63, 3.8) is 0 Å². The van der Waals surface area contributed by atoms with E-state index in [4.69, 9.17) is 4.74 Å². The third-order valence-corrected chi connectivity index (χ3v) is 3.75. The number of aliphatic hydroxyl groups is 2. The standard InChI is InChI=1S/C20H26N2O4/c1-16(24)21-18-7-9-20(10-8-18)26-15-19(25)14-22(11-12-23)13-17-5-3-2-4-6-17/h2-10,19,23,25H,11-15H2,1H3,(H,21,24). The van der Waals surface area contributed by atoms with E-state index in [2.05, 4.69) is 5.32 Å². The fourth-order valence-electron chi connectivity index (χ4n) is 2.60. The van der Waals surface area contributed by atoms with Crippen LogP contribution < -0.4 is 10.1 Å². The van der Waals surface area contributed by atoms with Gasteiger partial charge in [-0.2, -0.15) is 0 Å². The van der Waals surface area contributed by atoms with Crippen LogP contribution in [0.3, 0.4) is 0 Å². The van der Waals surface area contributed by atoms with Crippen LogP contribution in [0.1, 0.15) is 12.5 Å². The predicted molar refractivity (Wildman–Crippen MR) is 101 cm³/mol. The first kappa shape index (κ1) is 19.9. The van der Waals surface area contributed by atoms with E-state index in [9.17, 15) is 15.0 Å². The summed E-state index contributed by atoms with van der Waals surface area (Å²) in [6, 6.07) is 16.9. The van der Waals surface area contributed by atoms with Crippen molar-refractivity contribution in [1.29, 1.82) is 0 Å². The minimum absolute atomic E-state index is 0.0328. The summed E-state index contributed by atoms with van der Waals surface area (Å²) in [6.07, 6.45) is -0.680.